The molecule has 1 aliphatic heterocycles. The molecule has 2 amide bonds. The van der Waals surface area contributed by atoms with E-state index in [1.54, 1.807) is 18.2 Å². The summed E-state index contributed by atoms with van der Waals surface area (Å²) in [6, 6.07) is 4.87. The second kappa shape index (κ2) is 6.01. The zero-order valence-corrected chi connectivity index (χ0v) is 12.7. The molecule has 0 aromatic heterocycles. The number of amides is 2. The van der Waals surface area contributed by atoms with Gasteiger partial charge in [-0.25, -0.2) is 13.2 Å². The van der Waals surface area contributed by atoms with Crippen molar-refractivity contribution in [2.45, 2.75) is 13.3 Å². The van der Waals surface area contributed by atoms with E-state index in [4.69, 9.17) is 11.6 Å². The van der Waals surface area contributed by atoms with E-state index in [1.165, 1.54) is 0 Å². The predicted molar refractivity (Wildman–Crippen MR) is 80.0 cm³/mol. The predicted octanol–water partition coefficient (Wildman–Crippen LogP) is 2.20. The quantitative estimate of drug-likeness (QED) is 0.897. The molecule has 2 N–H and O–H groups in total. The van der Waals surface area contributed by atoms with Gasteiger partial charge >= 0.3 is 6.03 Å². The molecule has 2 rings (SSSR count). The summed E-state index contributed by atoms with van der Waals surface area (Å²) in [6.07, 6.45) is 0.614. The molecule has 1 atom stereocenters. The number of benzene rings is 1. The van der Waals surface area contributed by atoms with Crippen LogP contribution >= 0.6 is 11.6 Å². The number of hydrogen-bond donors (Lipinski definition) is 2. The van der Waals surface area contributed by atoms with E-state index in [9.17, 15) is 13.2 Å². The average Bonchev–Trinajstić information content (AvgIpc) is 2.70. The second-order valence-electron chi connectivity index (χ2n) is 5.06. The number of carbonyl (C=O) groups excluding carboxylic acids is 1. The summed E-state index contributed by atoms with van der Waals surface area (Å²) >= 11 is 5.84. The van der Waals surface area contributed by atoms with Crippen molar-refractivity contribution in [3.63, 3.8) is 0 Å². The molecule has 5 nitrogen and oxygen atoms in total. The van der Waals surface area contributed by atoms with Gasteiger partial charge in [-0.1, -0.05) is 11.6 Å². The molecule has 0 saturated carbocycles. The van der Waals surface area contributed by atoms with Crippen LogP contribution in [0.25, 0.3) is 0 Å². The molecule has 110 valence electrons. The van der Waals surface area contributed by atoms with Gasteiger partial charge in [-0.3, -0.25) is 0 Å². The summed E-state index contributed by atoms with van der Waals surface area (Å²) in [5, 5.41) is 6.04. The number of aryl methyl sites for hydroxylation is 1. The molecule has 0 bridgehead atoms. The lowest BCUT2D eigenvalue weighted by molar-refractivity contribution is 0.250. The molecule has 1 aliphatic rings. The van der Waals surface area contributed by atoms with Crippen molar-refractivity contribution in [1.29, 1.82) is 0 Å². The molecule has 0 radical (unpaired) electrons. The van der Waals surface area contributed by atoms with Crippen LogP contribution < -0.4 is 10.6 Å². The van der Waals surface area contributed by atoms with Crippen molar-refractivity contribution < 1.29 is 13.2 Å². The van der Waals surface area contributed by atoms with Gasteiger partial charge in [0.2, 0.25) is 0 Å². The Morgan fingerprint density at radius 1 is 1.45 bits per heavy atom. The third-order valence-electron chi connectivity index (χ3n) is 3.31. The lowest BCUT2D eigenvalue weighted by Gasteiger charge is -2.12. The van der Waals surface area contributed by atoms with E-state index in [-0.39, 0.29) is 23.5 Å². The van der Waals surface area contributed by atoms with Crippen LogP contribution in [0.4, 0.5) is 10.5 Å². The highest BCUT2D eigenvalue weighted by molar-refractivity contribution is 7.91. The number of rotatable bonds is 3. The Morgan fingerprint density at radius 2 is 2.20 bits per heavy atom. The smallest absolute Gasteiger partial charge is 0.319 e. The van der Waals surface area contributed by atoms with Crippen LogP contribution in [0, 0.1) is 12.8 Å². The lowest BCUT2D eigenvalue weighted by atomic mass is 10.1. The number of halogens is 1. The highest BCUT2D eigenvalue weighted by atomic mass is 35.5. The van der Waals surface area contributed by atoms with Crippen molar-refractivity contribution in [1.82, 2.24) is 5.32 Å². The van der Waals surface area contributed by atoms with Crippen LogP contribution in [0.15, 0.2) is 18.2 Å². The van der Waals surface area contributed by atoms with Crippen molar-refractivity contribution >= 4 is 33.2 Å². The Morgan fingerprint density at radius 3 is 2.80 bits per heavy atom. The monoisotopic (exact) mass is 316 g/mol. The number of carbonyl (C=O) groups is 1. The molecule has 7 heteroatoms. The third-order valence-corrected chi connectivity index (χ3v) is 5.39. The van der Waals surface area contributed by atoms with Crippen LogP contribution in [0.5, 0.6) is 0 Å². The fourth-order valence-electron chi connectivity index (χ4n) is 2.20. The summed E-state index contributed by atoms with van der Waals surface area (Å²) in [6.45, 7) is 2.22. The first kappa shape index (κ1) is 15.1. The molecular formula is C13H17ClN2O3S. The van der Waals surface area contributed by atoms with E-state index in [1.807, 2.05) is 6.92 Å². The van der Waals surface area contributed by atoms with Gasteiger partial charge in [0.25, 0.3) is 0 Å². The zero-order valence-electron chi connectivity index (χ0n) is 11.1. The number of urea groups is 1. The molecule has 0 spiro atoms. The van der Waals surface area contributed by atoms with Crippen molar-refractivity contribution in [3.8, 4) is 0 Å². The Hall–Kier alpha value is -1.27. The number of nitrogens with one attached hydrogen (secondary N) is 2. The van der Waals surface area contributed by atoms with Gasteiger partial charge < -0.3 is 10.6 Å². The van der Waals surface area contributed by atoms with E-state index < -0.39 is 9.84 Å². The maximum absolute atomic E-state index is 11.8. The maximum Gasteiger partial charge on any atom is 0.319 e. The van der Waals surface area contributed by atoms with Gasteiger partial charge in [0.15, 0.2) is 9.84 Å². The van der Waals surface area contributed by atoms with E-state index in [2.05, 4.69) is 10.6 Å². The largest absolute Gasteiger partial charge is 0.338 e. The zero-order chi connectivity index (χ0) is 14.8. The summed E-state index contributed by atoms with van der Waals surface area (Å²) < 4.78 is 22.6. The molecule has 0 unspecified atom stereocenters. The van der Waals surface area contributed by atoms with E-state index in [0.717, 1.165) is 5.56 Å². The molecule has 1 aromatic rings. The number of anilines is 1. The topological polar surface area (TPSA) is 75.3 Å². The molecule has 1 heterocycles. The van der Waals surface area contributed by atoms with Gasteiger partial charge in [-0.15, -0.1) is 0 Å². The van der Waals surface area contributed by atoms with Crippen LogP contribution in [0.1, 0.15) is 12.0 Å². The highest BCUT2D eigenvalue weighted by Crippen LogP contribution is 2.20. The summed E-state index contributed by atoms with van der Waals surface area (Å²) in [5.41, 5.74) is 1.56. The van der Waals surface area contributed by atoms with E-state index in [0.29, 0.717) is 23.7 Å². The SMILES string of the molecule is Cc1cc(Cl)ccc1NC(=O)NC[C@@H]1CCS(=O)(=O)C1. The Kier molecular flexibility index (Phi) is 4.55. The minimum absolute atomic E-state index is 0.0112. The second-order valence-corrected chi connectivity index (χ2v) is 7.73. The van der Waals surface area contributed by atoms with Crippen LogP contribution in [-0.2, 0) is 9.84 Å². The van der Waals surface area contributed by atoms with Gasteiger partial charge in [0.05, 0.1) is 11.5 Å². The van der Waals surface area contributed by atoms with Crippen LogP contribution in [0.3, 0.4) is 0 Å². The Labute approximate surface area is 123 Å². The van der Waals surface area contributed by atoms with Crippen LogP contribution in [-0.4, -0.2) is 32.5 Å². The fourth-order valence-corrected chi connectivity index (χ4v) is 4.29. The maximum atomic E-state index is 11.8. The average molecular weight is 317 g/mol. The first-order valence-electron chi connectivity index (χ1n) is 6.37. The molecule has 20 heavy (non-hydrogen) atoms. The van der Waals surface area contributed by atoms with Crippen LogP contribution in [0.2, 0.25) is 5.02 Å². The molecule has 0 aliphatic carbocycles. The first-order chi connectivity index (χ1) is 9.35. The lowest BCUT2D eigenvalue weighted by Crippen LogP contribution is -2.33. The van der Waals surface area contributed by atoms with E-state index >= 15 is 0 Å². The van der Waals surface area contributed by atoms with Crippen molar-refractivity contribution in [3.05, 3.63) is 28.8 Å². The number of sulfone groups is 1. The van der Waals surface area contributed by atoms with Crippen molar-refractivity contribution in [2.75, 3.05) is 23.4 Å². The number of hydrogen-bond acceptors (Lipinski definition) is 3. The molecular weight excluding hydrogens is 300 g/mol. The molecule has 1 aromatic carbocycles. The van der Waals surface area contributed by atoms with Gasteiger partial charge in [0, 0.05) is 17.3 Å². The minimum Gasteiger partial charge on any atom is -0.338 e. The fraction of sp³-hybridized carbons (Fsp3) is 0.462. The summed E-state index contributed by atoms with van der Waals surface area (Å²) in [5.74, 6) is 0.391. The Balaban J connectivity index is 1.84. The van der Waals surface area contributed by atoms with Crippen molar-refractivity contribution in [2.24, 2.45) is 5.92 Å². The third kappa shape index (κ3) is 4.11. The van der Waals surface area contributed by atoms with Gasteiger partial charge in [0.1, 0.15) is 0 Å². The molecule has 1 fully saturated rings. The first-order valence-corrected chi connectivity index (χ1v) is 8.57. The standard InChI is InChI=1S/C13H17ClN2O3S/c1-9-6-11(14)2-3-12(9)16-13(17)15-7-10-4-5-20(18,19)8-10/h2-3,6,10H,4-5,7-8H2,1H3,(H2,15,16,17)/t10-/m0/s1. The minimum atomic E-state index is -2.90. The molecule has 1 saturated heterocycles. The van der Waals surface area contributed by atoms with Gasteiger partial charge in [-0.2, -0.15) is 0 Å². The summed E-state index contributed by atoms with van der Waals surface area (Å²) in [4.78, 5) is 11.8. The normalized spacial score (nSPS) is 20.6. The summed E-state index contributed by atoms with van der Waals surface area (Å²) in [7, 11) is -2.90. The highest BCUT2D eigenvalue weighted by Gasteiger charge is 2.27. The van der Waals surface area contributed by atoms with Gasteiger partial charge in [-0.05, 0) is 43.0 Å². The Bertz CT molecular complexity index is 616.